The van der Waals surface area contributed by atoms with E-state index in [1.54, 1.807) is 73.8 Å². The summed E-state index contributed by atoms with van der Waals surface area (Å²) in [6.07, 6.45) is 22.2. The number of halogens is 3. The number of fused-ring (bicyclic) bond motifs is 1. The molecule has 1 amide bonds. The zero-order valence-corrected chi connectivity index (χ0v) is 81.0. The molecule has 22 rings (SSSR count). The fourth-order valence-electron chi connectivity index (χ4n) is 16.3. The number of amides is 1. The zero-order chi connectivity index (χ0) is 103. The number of pyridine rings is 3. The van der Waals surface area contributed by atoms with Gasteiger partial charge in [-0.15, -0.1) is 0 Å². The minimum Gasteiger partial charge on any atom is -0.497 e. The van der Waals surface area contributed by atoms with E-state index >= 15 is 0 Å². The number of anilines is 18. The van der Waals surface area contributed by atoms with Crippen molar-refractivity contribution in [2.45, 2.75) is 56.9 Å². The van der Waals surface area contributed by atoms with E-state index in [0.29, 0.717) is 194 Å². The van der Waals surface area contributed by atoms with Crippen LogP contribution in [0, 0.1) is 0 Å². The van der Waals surface area contributed by atoms with Gasteiger partial charge in [-0.25, -0.2) is 74.6 Å². The standard InChI is InChI=1S/C23H31N7O5.C21H20N8O.C19H21N7O2.C18H17F3N8O.C17H18N8O/c24-21-25-14-17(20(31)28-21)18-13-19(27-22(26-18)29-9-11-33-12-10-29)34-16-5-7-30(8-6-16)23(32)35-15-3-1-2-4-15;22-20-24-12-15(13-25-20)18-11-19(28-21(27-18)29-6-8-30-9-7-29)26-16-3-4-17-14(10-16)2-1-5-23-17;1-27-15-4-2-14(3-5-15)23-17-10-16(13-11-21-18(20)22-12-13)24-19(25-17)26-6-8-28-9-7-26;19-18(20,21)12-10-23-2-1-13(12)26-15-7-14(11-8-24-16(22)25-9-11)27-17(28-15)29-3-5-30-6-4-29;18-16-20-10-12(11-21-16)14-9-15(22-13-1-3-19-4-2-13)24-17(23-14)25-5-7-26-8-6-25/h13-16H,1-12H2,(H3,24,25,28,31);1-5,10-13H,6-9H2,(H2,22,24,25)(H,26,27,28);2-5,10-12H,6-9H2,1H3,(H2,20,21,22)(H,23,24,25);1-2,7-10H,3-6H2,(H2,22,24,25)(H,23,26,27,28);1-4,9-11H,5-8H2,(H2,18,20,21)(H,19,22,23,24). The number of hydrogen-bond acceptors (Lipinski definition) is 46. The van der Waals surface area contributed by atoms with Crippen LogP contribution >= 0.6 is 0 Å². The number of benzene rings is 2. The lowest BCUT2D eigenvalue weighted by atomic mass is 10.1. The monoisotopic (exact) mass is 2030 g/mol. The Balaban J connectivity index is 0.000000122. The van der Waals surface area contributed by atoms with E-state index in [1.807, 2.05) is 94.7 Å². The van der Waals surface area contributed by atoms with Crippen LogP contribution in [0.2, 0.25) is 0 Å². The van der Waals surface area contributed by atoms with Crippen molar-refractivity contribution in [3.63, 3.8) is 0 Å². The first-order valence-corrected chi connectivity index (χ1v) is 48.0. The van der Waals surface area contributed by atoms with Gasteiger partial charge in [0.25, 0.3) is 5.56 Å². The average Bonchev–Trinajstić information content (AvgIpc) is 1.58. The SMILES string of the molecule is COc1ccc(Nc2cc(-c3cnc(N)nc3)nc(N3CCOCC3)n2)cc1.Nc1ncc(-c2cc(Nc3ccc4ncccc4c3)nc(N3CCOCC3)n2)cn1.Nc1ncc(-c2cc(Nc3ccncc3)nc(N3CCOCC3)n2)cn1.Nc1ncc(-c2cc(Nc3ccncc3C(F)(F)F)nc(N3CCOCC3)n2)cn1.Nc1ncc(-c2cc(OC3CCN(C(=O)OC4CCCC4)CC3)nc(N3CCOCC3)n2)c(=O)[nH]1. The number of aromatic nitrogens is 23. The highest BCUT2D eigenvalue weighted by atomic mass is 19.4. The number of piperidine rings is 1. The molecule has 0 atom stereocenters. The Morgan fingerprint density at radius 3 is 1.21 bits per heavy atom. The molecule has 51 heteroatoms. The summed E-state index contributed by atoms with van der Waals surface area (Å²) in [5.41, 5.74) is 36.3. The summed E-state index contributed by atoms with van der Waals surface area (Å²) in [6.45, 7) is 14.1. The largest absolute Gasteiger partial charge is 0.497 e. The molecule has 0 spiro atoms. The number of carbonyl (C=O) groups is 1. The Hall–Kier alpha value is -17.6. The zero-order valence-electron chi connectivity index (χ0n) is 81.0. The molecular weight excluding hydrogens is 1930 g/mol. The molecule has 48 nitrogen and oxygen atoms in total. The van der Waals surface area contributed by atoms with Crippen LogP contribution in [0.3, 0.4) is 0 Å². The smallest absolute Gasteiger partial charge is 0.419 e. The van der Waals surface area contributed by atoms with Gasteiger partial charge in [-0.3, -0.25) is 24.7 Å². The highest BCUT2D eigenvalue weighted by Crippen LogP contribution is 2.38. The first-order chi connectivity index (χ1) is 72.7. The molecule has 0 unspecified atom stereocenters. The van der Waals surface area contributed by atoms with E-state index in [-0.39, 0.29) is 70.7 Å². The number of carbonyl (C=O) groups excluding carboxylic acids is 1. The van der Waals surface area contributed by atoms with Crippen LogP contribution in [-0.4, -0.2) is 290 Å². The predicted octanol–water partition coefficient (Wildman–Crippen LogP) is 10.3. The predicted molar refractivity (Wildman–Crippen MR) is 551 cm³/mol. The normalized spacial score (nSPS) is 15.5. The lowest BCUT2D eigenvalue weighted by molar-refractivity contribution is -0.137. The van der Waals surface area contributed by atoms with Crippen molar-refractivity contribution in [3.8, 4) is 67.9 Å². The summed E-state index contributed by atoms with van der Waals surface area (Å²) in [5.74, 6) is 6.95. The van der Waals surface area contributed by atoms with Crippen molar-refractivity contribution >= 4 is 123 Å². The van der Waals surface area contributed by atoms with Crippen molar-refractivity contribution in [2.75, 3.05) is 226 Å². The fraction of sp³-hybridized carbons (Fsp3) is 0.327. The van der Waals surface area contributed by atoms with Crippen LogP contribution in [0.5, 0.6) is 11.6 Å². The number of nitrogens with two attached hydrogens (primary N) is 5. The van der Waals surface area contributed by atoms with Crippen LogP contribution < -0.4 is 89.5 Å². The van der Waals surface area contributed by atoms with Gasteiger partial charge in [-0.05, 0) is 92.4 Å². The van der Waals surface area contributed by atoms with E-state index in [4.69, 9.17) is 81.5 Å². The van der Waals surface area contributed by atoms with Gasteiger partial charge in [-0.2, -0.15) is 38.1 Å². The van der Waals surface area contributed by atoms with E-state index < -0.39 is 11.7 Å². The fourth-order valence-corrected chi connectivity index (χ4v) is 16.3. The maximum atomic E-state index is 13.3. The molecule has 15 N–H and O–H groups in total. The highest BCUT2D eigenvalue weighted by molar-refractivity contribution is 5.84. The van der Waals surface area contributed by atoms with Gasteiger partial charge in [-0.1, -0.05) is 6.07 Å². The molecule has 1 aliphatic carbocycles. The second-order valence-corrected chi connectivity index (χ2v) is 34.4. The quantitative estimate of drug-likeness (QED) is 0.0301. The van der Waals surface area contributed by atoms with Gasteiger partial charge in [0.2, 0.25) is 59.4 Å². The highest BCUT2D eigenvalue weighted by Gasteiger charge is 2.35. The van der Waals surface area contributed by atoms with Gasteiger partial charge in [0, 0.05) is 253 Å². The third-order valence-electron chi connectivity index (χ3n) is 24.1. The second-order valence-electron chi connectivity index (χ2n) is 34.4. The van der Waals surface area contributed by atoms with E-state index in [9.17, 15) is 22.8 Å². The molecule has 19 heterocycles. The van der Waals surface area contributed by atoms with Gasteiger partial charge in [0.1, 0.15) is 41.2 Å². The topological polar surface area (TPSA) is 605 Å². The minimum absolute atomic E-state index is 0.0379. The third-order valence-corrected chi connectivity index (χ3v) is 24.1. The van der Waals surface area contributed by atoms with Gasteiger partial charge in [0.15, 0.2) is 5.95 Å². The number of hydrogen-bond donors (Lipinski definition) is 10. The van der Waals surface area contributed by atoms with Crippen molar-refractivity contribution in [1.29, 1.82) is 0 Å². The lowest BCUT2D eigenvalue weighted by Crippen LogP contribution is -2.43. The Morgan fingerprint density at radius 1 is 0.396 bits per heavy atom. The van der Waals surface area contributed by atoms with Crippen LogP contribution in [0.15, 0.2) is 195 Å². The molecule has 1 saturated carbocycles. The van der Waals surface area contributed by atoms with Gasteiger partial charge < -0.3 is 117 Å². The Morgan fingerprint density at radius 2 is 0.792 bits per heavy atom. The summed E-state index contributed by atoms with van der Waals surface area (Å²) in [6, 6.07) is 31.4. The molecule has 149 heavy (non-hydrogen) atoms. The summed E-state index contributed by atoms with van der Waals surface area (Å²) in [4.78, 5) is 134. The van der Waals surface area contributed by atoms with Crippen LogP contribution in [0.4, 0.5) is 123 Å². The Labute approximate surface area is 850 Å². The maximum absolute atomic E-state index is 13.3. The Bertz CT molecular complexity index is 7020. The number of alkyl halides is 3. The summed E-state index contributed by atoms with van der Waals surface area (Å²) < 4.78 is 84.2. The maximum Gasteiger partial charge on any atom is 0.419 e. The number of ether oxygens (including phenoxy) is 8. The lowest BCUT2D eigenvalue weighted by Gasteiger charge is -2.32. The molecule has 6 aliphatic heterocycles. The van der Waals surface area contributed by atoms with Crippen molar-refractivity contribution in [3.05, 3.63) is 206 Å². The van der Waals surface area contributed by atoms with Crippen LogP contribution in [0.1, 0.15) is 44.1 Å². The Kier molecular flexibility index (Phi) is 33.3. The number of methoxy groups -OCH3 is 1. The van der Waals surface area contributed by atoms with Crippen molar-refractivity contribution in [2.24, 2.45) is 0 Å². The van der Waals surface area contributed by atoms with E-state index in [2.05, 4.69) is 136 Å². The van der Waals surface area contributed by atoms with Gasteiger partial charge in [0.05, 0.1) is 124 Å². The van der Waals surface area contributed by atoms with E-state index in [0.717, 1.165) is 133 Å². The molecule has 6 saturated heterocycles. The van der Waals surface area contributed by atoms with Crippen molar-refractivity contribution in [1.82, 2.24) is 120 Å². The average molecular weight is 2030 g/mol. The molecule has 2 aromatic carbocycles. The molecule has 0 bridgehead atoms. The second kappa shape index (κ2) is 48.9. The summed E-state index contributed by atoms with van der Waals surface area (Å²) >= 11 is 0. The van der Waals surface area contributed by atoms with Crippen molar-refractivity contribution < 1.29 is 55.9 Å². The number of nitrogen functional groups attached to an aromatic ring is 5. The number of aromatic amines is 1. The third kappa shape index (κ3) is 27.9. The van der Waals surface area contributed by atoms with E-state index in [1.165, 1.54) is 36.9 Å². The molecule has 0 radical (unpaired) electrons. The van der Waals surface area contributed by atoms with Crippen LogP contribution in [-0.2, 0) is 34.6 Å². The molecule has 15 aromatic rings. The molecule has 7 aliphatic rings. The molecule has 13 aromatic heterocycles. The first kappa shape index (κ1) is 101. The number of nitrogens with one attached hydrogen (secondary N) is 5. The summed E-state index contributed by atoms with van der Waals surface area (Å²) in [5, 5.41) is 13.8. The first-order valence-electron chi connectivity index (χ1n) is 48.0. The van der Waals surface area contributed by atoms with Crippen LogP contribution in [0.25, 0.3) is 67.2 Å². The number of nitrogens with zero attached hydrogens (tertiary/aromatic N) is 28. The number of likely N-dealkylation sites (tertiary alicyclic amines) is 1. The number of morpholine rings is 5. The number of rotatable bonds is 22. The summed E-state index contributed by atoms with van der Waals surface area (Å²) in [7, 11) is 1.64. The molecular formula is C98H107F3N38O10. The molecule has 770 valence electrons. The minimum atomic E-state index is -4.57. The number of H-pyrrole nitrogens is 1. The van der Waals surface area contributed by atoms with Gasteiger partial charge >= 0.3 is 12.3 Å². The molecule has 7 fully saturated rings.